The molecular formula is C21H22O4. The maximum absolute atomic E-state index is 12.8. The van der Waals surface area contributed by atoms with E-state index in [0.717, 1.165) is 5.56 Å². The maximum Gasteiger partial charge on any atom is 0.317 e. The van der Waals surface area contributed by atoms with Crippen LogP contribution in [0.25, 0.3) is 0 Å². The van der Waals surface area contributed by atoms with Crippen molar-refractivity contribution >= 4 is 11.8 Å². The third-order valence-electron chi connectivity index (χ3n) is 4.85. The average Bonchev–Trinajstić information content (AvgIpc) is 2.63. The minimum Gasteiger partial charge on any atom is -0.465 e. The molecule has 25 heavy (non-hydrogen) atoms. The quantitative estimate of drug-likeness (QED) is 0.687. The number of hydrogen-bond acceptors (Lipinski definition) is 4. The highest BCUT2D eigenvalue weighted by atomic mass is 16.5. The van der Waals surface area contributed by atoms with Gasteiger partial charge in [-0.1, -0.05) is 60.7 Å². The zero-order valence-corrected chi connectivity index (χ0v) is 14.2. The Morgan fingerprint density at radius 3 is 2.32 bits per heavy atom. The molecule has 0 saturated heterocycles. The molecule has 1 N–H and O–H groups in total. The van der Waals surface area contributed by atoms with E-state index in [1.807, 2.05) is 60.7 Å². The third-order valence-corrected chi connectivity index (χ3v) is 4.85. The first-order valence-corrected chi connectivity index (χ1v) is 8.57. The van der Waals surface area contributed by atoms with Crippen molar-refractivity contribution in [2.75, 3.05) is 6.61 Å². The number of ketones is 1. The fourth-order valence-electron chi connectivity index (χ4n) is 3.68. The molecule has 0 radical (unpaired) electrons. The van der Waals surface area contributed by atoms with Crippen molar-refractivity contribution in [1.29, 1.82) is 0 Å². The normalized spacial score (nSPS) is 26.2. The van der Waals surface area contributed by atoms with Crippen molar-refractivity contribution in [3.63, 3.8) is 0 Å². The molecule has 0 aliphatic heterocycles. The Labute approximate surface area is 147 Å². The molecule has 1 aliphatic rings. The van der Waals surface area contributed by atoms with E-state index in [-0.39, 0.29) is 18.8 Å². The molecule has 3 atom stereocenters. The molecule has 130 valence electrons. The van der Waals surface area contributed by atoms with Crippen LogP contribution in [0.4, 0.5) is 0 Å². The summed E-state index contributed by atoms with van der Waals surface area (Å²) in [6.45, 7) is 1.95. The average molecular weight is 338 g/mol. The predicted octanol–water partition coefficient (Wildman–Crippen LogP) is 3.20. The maximum atomic E-state index is 12.8. The van der Waals surface area contributed by atoms with Gasteiger partial charge in [0.15, 0.2) is 5.78 Å². The van der Waals surface area contributed by atoms with Crippen LogP contribution < -0.4 is 0 Å². The van der Waals surface area contributed by atoms with Crippen LogP contribution in [0.5, 0.6) is 0 Å². The number of Topliss-reactive ketones (excluding diaryl/α,β-unsaturated/α-hetero) is 1. The van der Waals surface area contributed by atoms with Crippen LogP contribution in [0.2, 0.25) is 0 Å². The van der Waals surface area contributed by atoms with E-state index >= 15 is 0 Å². The Bertz CT molecular complexity index is 741. The Morgan fingerprint density at radius 1 is 1.12 bits per heavy atom. The van der Waals surface area contributed by atoms with Crippen LogP contribution in [0.15, 0.2) is 60.7 Å². The standard InChI is InChI=1S/C21H22O4/c1-2-25-20(23)19-17(15-9-5-3-6-10-15)13-21(24,14-18(19)22)16-11-7-4-8-12-16/h3-12,17,19,24H,2,13-14H2,1H3/t17-,19-,21+/m1/s1. The summed E-state index contributed by atoms with van der Waals surface area (Å²) in [4.78, 5) is 25.2. The van der Waals surface area contributed by atoms with E-state index < -0.39 is 23.4 Å². The fraction of sp³-hybridized carbons (Fsp3) is 0.333. The van der Waals surface area contributed by atoms with Gasteiger partial charge in [0.05, 0.1) is 12.2 Å². The number of rotatable bonds is 4. The third kappa shape index (κ3) is 3.49. The minimum absolute atomic E-state index is 0.0795. The van der Waals surface area contributed by atoms with E-state index in [4.69, 9.17) is 4.74 Å². The van der Waals surface area contributed by atoms with Crippen molar-refractivity contribution in [3.8, 4) is 0 Å². The zero-order valence-electron chi connectivity index (χ0n) is 14.2. The highest BCUT2D eigenvalue weighted by Crippen LogP contribution is 2.46. The van der Waals surface area contributed by atoms with E-state index in [0.29, 0.717) is 12.0 Å². The highest BCUT2D eigenvalue weighted by Gasteiger charge is 2.49. The van der Waals surface area contributed by atoms with Gasteiger partial charge in [-0.3, -0.25) is 9.59 Å². The molecule has 0 unspecified atom stereocenters. The van der Waals surface area contributed by atoms with E-state index in [2.05, 4.69) is 0 Å². The Kier molecular flexibility index (Phi) is 5.00. The van der Waals surface area contributed by atoms with Gasteiger partial charge in [0, 0.05) is 12.3 Å². The summed E-state index contributed by atoms with van der Waals surface area (Å²) in [7, 11) is 0. The van der Waals surface area contributed by atoms with Crippen LogP contribution in [0.1, 0.15) is 36.8 Å². The topological polar surface area (TPSA) is 63.6 Å². The first-order valence-electron chi connectivity index (χ1n) is 8.57. The van der Waals surface area contributed by atoms with Gasteiger partial charge in [-0.15, -0.1) is 0 Å². The number of hydrogen-bond donors (Lipinski definition) is 1. The summed E-state index contributed by atoms with van der Waals surface area (Å²) in [5, 5.41) is 11.2. The van der Waals surface area contributed by atoms with Crippen LogP contribution >= 0.6 is 0 Å². The zero-order chi connectivity index (χ0) is 17.9. The number of carbonyl (C=O) groups excluding carboxylic acids is 2. The summed E-state index contributed by atoms with van der Waals surface area (Å²) < 4.78 is 5.14. The SMILES string of the molecule is CCOC(=O)[C@H]1C(=O)C[C@](O)(c2ccccc2)C[C@@H]1c1ccccc1. The van der Waals surface area contributed by atoms with Gasteiger partial charge in [-0.25, -0.2) is 0 Å². The fourth-order valence-corrected chi connectivity index (χ4v) is 3.68. The molecule has 3 rings (SSSR count). The van der Waals surface area contributed by atoms with Gasteiger partial charge in [0.1, 0.15) is 5.92 Å². The summed E-state index contributed by atoms with van der Waals surface area (Å²) in [5.41, 5.74) is 0.288. The van der Waals surface area contributed by atoms with E-state index in [1.165, 1.54) is 0 Å². The molecule has 2 aromatic rings. The van der Waals surface area contributed by atoms with Gasteiger partial charge >= 0.3 is 5.97 Å². The van der Waals surface area contributed by atoms with E-state index in [1.54, 1.807) is 6.92 Å². The van der Waals surface area contributed by atoms with Crippen LogP contribution in [-0.4, -0.2) is 23.5 Å². The van der Waals surface area contributed by atoms with Crippen molar-refractivity contribution < 1.29 is 19.4 Å². The highest BCUT2D eigenvalue weighted by molar-refractivity contribution is 6.01. The van der Waals surface area contributed by atoms with Gasteiger partial charge in [0.25, 0.3) is 0 Å². The molecule has 2 aromatic carbocycles. The van der Waals surface area contributed by atoms with Crippen LogP contribution in [-0.2, 0) is 19.9 Å². The largest absolute Gasteiger partial charge is 0.465 e. The molecule has 4 nitrogen and oxygen atoms in total. The van der Waals surface area contributed by atoms with Gasteiger partial charge in [-0.2, -0.15) is 0 Å². The van der Waals surface area contributed by atoms with Crippen molar-refractivity contribution in [2.45, 2.75) is 31.3 Å². The molecule has 1 aliphatic carbocycles. The Hall–Kier alpha value is -2.46. The molecule has 1 saturated carbocycles. The smallest absolute Gasteiger partial charge is 0.317 e. The lowest BCUT2D eigenvalue weighted by Crippen LogP contribution is -2.45. The Morgan fingerprint density at radius 2 is 1.72 bits per heavy atom. The van der Waals surface area contributed by atoms with Crippen molar-refractivity contribution in [1.82, 2.24) is 0 Å². The monoisotopic (exact) mass is 338 g/mol. The van der Waals surface area contributed by atoms with Gasteiger partial charge in [-0.05, 0) is 24.5 Å². The lowest BCUT2D eigenvalue weighted by atomic mass is 9.66. The molecular weight excluding hydrogens is 316 g/mol. The summed E-state index contributed by atoms with van der Waals surface area (Å²) in [6, 6.07) is 18.6. The lowest BCUT2D eigenvalue weighted by Gasteiger charge is -2.40. The number of esters is 1. The molecule has 0 heterocycles. The molecule has 0 aromatic heterocycles. The number of aliphatic hydroxyl groups is 1. The molecule has 0 spiro atoms. The second-order valence-corrected chi connectivity index (χ2v) is 6.49. The molecule has 4 heteroatoms. The summed E-state index contributed by atoms with van der Waals surface area (Å²) >= 11 is 0. The van der Waals surface area contributed by atoms with Crippen LogP contribution in [0.3, 0.4) is 0 Å². The van der Waals surface area contributed by atoms with Crippen molar-refractivity contribution in [3.05, 3.63) is 71.8 Å². The second kappa shape index (κ2) is 7.19. The molecule has 0 amide bonds. The number of benzene rings is 2. The Balaban J connectivity index is 2.01. The van der Waals surface area contributed by atoms with Gasteiger partial charge in [0.2, 0.25) is 0 Å². The minimum atomic E-state index is -1.28. The summed E-state index contributed by atoms with van der Waals surface area (Å²) in [6.07, 6.45) is 0.222. The number of carbonyl (C=O) groups is 2. The van der Waals surface area contributed by atoms with Crippen LogP contribution in [0, 0.1) is 5.92 Å². The first-order chi connectivity index (χ1) is 12.0. The predicted molar refractivity (Wildman–Crippen MR) is 93.9 cm³/mol. The van der Waals surface area contributed by atoms with Crippen molar-refractivity contribution in [2.24, 2.45) is 5.92 Å². The molecule has 0 bridgehead atoms. The lowest BCUT2D eigenvalue weighted by molar-refractivity contribution is -0.158. The first kappa shape index (κ1) is 17.4. The van der Waals surface area contributed by atoms with Gasteiger partial charge < -0.3 is 9.84 Å². The summed E-state index contributed by atoms with van der Waals surface area (Å²) in [5.74, 6) is -2.06. The number of ether oxygens (including phenoxy) is 1. The van der Waals surface area contributed by atoms with E-state index in [9.17, 15) is 14.7 Å². The molecule has 1 fully saturated rings. The second-order valence-electron chi connectivity index (χ2n) is 6.49.